The molecule has 3 heterocycles. The number of para-hydroxylation sites is 2. The molecule has 1 aliphatic heterocycles. The van der Waals surface area contributed by atoms with E-state index in [0.29, 0.717) is 0 Å². The SMILES string of the molecule is CCCc1cc(N2CCN(C)CC2)n2c(nc3ccccc32)c1C#N. The molecule has 0 aliphatic carbocycles. The number of rotatable bonds is 3. The standard InChI is InChI=1S/C20H23N5/c1-3-6-15-13-19(24-11-9-23(2)10-12-24)25-18-8-5-4-7-17(18)22-20(25)16(15)14-21/h4-5,7-8,13H,3,6,9-12H2,1-2H3. The lowest BCUT2D eigenvalue weighted by Crippen LogP contribution is -2.45. The van der Waals surface area contributed by atoms with E-state index in [0.717, 1.165) is 66.8 Å². The molecule has 0 radical (unpaired) electrons. The van der Waals surface area contributed by atoms with E-state index in [1.165, 1.54) is 5.82 Å². The number of fused-ring (bicyclic) bond motifs is 3. The first kappa shape index (κ1) is 15.9. The van der Waals surface area contributed by atoms with Crippen LogP contribution in [-0.2, 0) is 6.42 Å². The molecule has 0 saturated carbocycles. The number of likely N-dealkylation sites (N-methyl/N-ethyl adjacent to an activating group) is 1. The molecule has 1 aliphatic rings. The molecule has 2 aromatic heterocycles. The van der Waals surface area contributed by atoms with Gasteiger partial charge in [-0.3, -0.25) is 4.40 Å². The number of anilines is 1. The first-order valence-corrected chi connectivity index (χ1v) is 8.99. The highest BCUT2D eigenvalue weighted by Gasteiger charge is 2.22. The highest BCUT2D eigenvalue weighted by Crippen LogP contribution is 2.30. The molecular formula is C20H23N5. The van der Waals surface area contributed by atoms with Crippen molar-refractivity contribution in [1.29, 1.82) is 5.26 Å². The Bertz CT molecular complexity index is 958. The Kier molecular flexibility index (Phi) is 4.06. The molecule has 0 unspecified atom stereocenters. The van der Waals surface area contributed by atoms with E-state index in [2.05, 4.69) is 46.4 Å². The van der Waals surface area contributed by atoms with Gasteiger partial charge in [-0.05, 0) is 37.2 Å². The number of imidazole rings is 1. The molecule has 0 N–H and O–H groups in total. The largest absolute Gasteiger partial charge is 0.355 e. The minimum atomic E-state index is 0.718. The minimum absolute atomic E-state index is 0.718. The maximum Gasteiger partial charge on any atom is 0.157 e. The second-order valence-corrected chi connectivity index (χ2v) is 6.81. The van der Waals surface area contributed by atoms with E-state index in [-0.39, 0.29) is 0 Å². The van der Waals surface area contributed by atoms with Gasteiger partial charge in [0, 0.05) is 26.2 Å². The van der Waals surface area contributed by atoms with Crippen LogP contribution < -0.4 is 4.90 Å². The van der Waals surface area contributed by atoms with Gasteiger partial charge in [0.15, 0.2) is 5.65 Å². The summed E-state index contributed by atoms with van der Waals surface area (Å²) >= 11 is 0. The first-order chi connectivity index (χ1) is 12.2. The lowest BCUT2D eigenvalue weighted by Gasteiger charge is -2.34. The average Bonchev–Trinajstić information content (AvgIpc) is 3.01. The van der Waals surface area contributed by atoms with Crippen LogP contribution in [0.15, 0.2) is 30.3 Å². The van der Waals surface area contributed by atoms with Crippen molar-refractivity contribution in [2.24, 2.45) is 0 Å². The van der Waals surface area contributed by atoms with Crippen LogP contribution in [-0.4, -0.2) is 47.5 Å². The van der Waals surface area contributed by atoms with E-state index in [9.17, 15) is 5.26 Å². The molecule has 25 heavy (non-hydrogen) atoms. The van der Waals surface area contributed by atoms with Crippen LogP contribution in [0.25, 0.3) is 16.7 Å². The van der Waals surface area contributed by atoms with Crippen LogP contribution in [0.1, 0.15) is 24.5 Å². The van der Waals surface area contributed by atoms with Gasteiger partial charge in [-0.25, -0.2) is 4.98 Å². The Morgan fingerprint density at radius 1 is 1.16 bits per heavy atom. The van der Waals surface area contributed by atoms with Crippen molar-refractivity contribution >= 4 is 22.5 Å². The van der Waals surface area contributed by atoms with Crippen molar-refractivity contribution in [2.45, 2.75) is 19.8 Å². The number of nitrogens with zero attached hydrogens (tertiary/aromatic N) is 5. The summed E-state index contributed by atoms with van der Waals surface area (Å²) in [6, 6.07) is 12.8. The Balaban J connectivity index is 2.01. The van der Waals surface area contributed by atoms with Crippen LogP contribution in [0.2, 0.25) is 0 Å². The summed E-state index contributed by atoms with van der Waals surface area (Å²) in [6.45, 7) is 6.25. The van der Waals surface area contributed by atoms with Crippen LogP contribution in [0, 0.1) is 11.3 Å². The number of hydrogen-bond donors (Lipinski definition) is 0. The maximum absolute atomic E-state index is 9.78. The predicted octanol–water partition coefficient (Wildman–Crippen LogP) is 3.06. The number of benzene rings is 1. The van der Waals surface area contributed by atoms with E-state index in [1.54, 1.807) is 0 Å². The van der Waals surface area contributed by atoms with Crippen LogP contribution >= 0.6 is 0 Å². The Morgan fingerprint density at radius 3 is 2.64 bits per heavy atom. The lowest BCUT2D eigenvalue weighted by molar-refractivity contribution is 0.312. The van der Waals surface area contributed by atoms with Crippen molar-refractivity contribution in [3.63, 3.8) is 0 Å². The third kappa shape index (κ3) is 2.63. The molecule has 0 spiro atoms. The monoisotopic (exact) mass is 333 g/mol. The summed E-state index contributed by atoms with van der Waals surface area (Å²) < 4.78 is 2.18. The fraction of sp³-hybridized carbons (Fsp3) is 0.400. The van der Waals surface area contributed by atoms with Crippen LogP contribution in [0.3, 0.4) is 0 Å². The first-order valence-electron chi connectivity index (χ1n) is 8.99. The van der Waals surface area contributed by atoms with E-state index >= 15 is 0 Å². The zero-order valence-corrected chi connectivity index (χ0v) is 14.9. The molecule has 1 fully saturated rings. The number of hydrogen-bond acceptors (Lipinski definition) is 4. The van der Waals surface area contributed by atoms with Crippen molar-refractivity contribution in [1.82, 2.24) is 14.3 Å². The number of pyridine rings is 1. The molecule has 0 amide bonds. The van der Waals surface area contributed by atoms with Crippen molar-refractivity contribution in [3.8, 4) is 6.07 Å². The molecule has 4 rings (SSSR count). The zero-order chi connectivity index (χ0) is 17.4. The van der Waals surface area contributed by atoms with Gasteiger partial charge >= 0.3 is 0 Å². The number of aromatic nitrogens is 2. The van der Waals surface area contributed by atoms with Gasteiger partial charge in [-0.15, -0.1) is 0 Å². The summed E-state index contributed by atoms with van der Waals surface area (Å²) in [7, 11) is 2.17. The van der Waals surface area contributed by atoms with E-state index in [4.69, 9.17) is 4.98 Å². The molecular weight excluding hydrogens is 310 g/mol. The van der Waals surface area contributed by atoms with Gasteiger partial charge in [0.05, 0.1) is 16.6 Å². The molecule has 1 saturated heterocycles. The van der Waals surface area contributed by atoms with Gasteiger partial charge < -0.3 is 9.80 Å². The second kappa shape index (κ2) is 6.38. The summed E-state index contributed by atoms with van der Waals surface area (Å²) in [5.41, 5.74) is 4.65. The van der Waals surface area contributed by atoms with Gasteiger partial charge in [0.1, 0.15) is 11.9 Å². The molecule has 0 atom stereocenters. The number of nitriles is 1. The molecule has 5 heteroatoms. The summed E-state index contributed by atoms with van der Waals surface area (Å²) in [5.74, 6) is 1.17. The minimum Gasteiger partial charge on any atom is -0.355 e. The van der Waals surface area contributed by atoms with Crippen molar-refractivity contribution < 1.29 is 0 Å². The molecule has 0 bridgehead atoms. The normalized spacial score (nSPS) is 15.8. The summed E-state index contributed by atoms with van der Waals surface area (Å²) in [5, 5.41) is 9.78. The number of aryl methyl sites for hydroxylation is 1. The maximum atomic E-state index is 9.78. The highest BCUT2D eigenvalue weighted by atomic mass is 15.3. The topological polar surface area (TPSA) is 47.6 Å². The lowest BCUT2D eigenvalue weighted by atomic mass is 10.1. The molecule has 128 valence electrons. The third-order valence-corrected chi connectivity index (χ3v) is 5.10. The molecule has 1 aromatic carbocycles. The third-order valence-electron chi connectivity index (χ3n) is 5.10. The molecule has 3 aromatic rings. The van der Waals surface area contributed by atoms with Gasteiger partial charge in [-0.1, -0.05) is 25.5 Å². The highest BCUT2D eigenvalue weighted by molar-refractivity contribution is 5.85. The van der Waals surface area contributed by atoms with Crippen LogP contribution in [0.5, 0.6) is 0 Å². The van der Waals surface area contributed by atoms with Crippen LogP contribution in [0.4, 0.5) is 5.82 Å². The van der Waals surface area contributed by atoms with E-state index < -0.39 is 0 Å². The number of piperazine rings is 1. The van der Waals surface area contributed by atoms with Gasteiger partial charge in [-0.2, -0.15) is 5.26 Å². The average molecular weight is 333 g/mol. The predicted molar refractivity (Wildman–Crippen MR) is 101 cm³/mol. The Labute approximate surface area is 148 Å². The Hall–Kier alpha value is -2.58. The second-order valence-electron chi connectivity index (χ2n) is 6.81. The van der Waals surface area contributed by atoms with E-state index in [1.807, 2.05) is 18.2 Å². The summed E-state index contributed by atoms with van der Waals surface area (Å²) in [6.07, 6.45) is 1.93. The molecule has 5 nitrogen and oxygen atoms in total. The summed E-state index contributed by atoms with van der Waals surface area (Å²) in [4.78, 5) is 9.59. The van der Waals surface area contributed by atoms with Gasteiger partial charge in [0.25, 0.3) is 0 Å². The smallest absolute Gasteiger partial charge is 0.157 e. The Morgan fingerprint density at radius 2 is 1.92 bits per heavy atom. The fourth-order valence-electron chi connectivity index (χ4n) is 3.72. The van der Waals surface area contributed by atoms with Crippen molar-refractivity contribution in [3.05, 3.63) is 41.5 Å². The fourth-order valence-corrected chi connectivity index (χ4v) is 3.72. The quantitative estimate of drug-likeness (QED) is 0.739. The zero-order valence-electron chi connectivity index (χ0n) is 14.9. The van der Waals surface area contributed by atoms with Gasteiger partial charge in [0.2, 0.25) is 0 Å². The van der Waals surface area contributed by atoms with Crippen molar-refractivity contribution in [2.75, 3.05) is 38.1 Å².